The highest BCUT2D eigenvalue weighted by molar-refractivity contribution is 5.75. The molecule has 1 fully saturated rings. The van der Waals surface area contributed by atoms with Gasteiger partial charge >= 0.3 is 6.18 Å². The van der Waals surface area contributed by atoms with Crippen LogP contribution in [-0.4, -0.2) is 30.9 Å². The van der Waals surface area contributed by atoms with Crippen molar-refractivity contribution in [2.45, 2.75) is 25.6 Å². The second kappa shape index (κ2) is 6.47. The number of carbonyl (C=O) groups excluding carboxylic acids is 1. The zero-order chi connectivity index (χ0) is 15.5. The highest BCUT2D eigenvalue weighted by Gasteiger charge is 2.31. The maximum atomic E-state index is 12.7. The molecule has 1 aliphatic rings. The number of benzene rings is 1. The van der Waals surface area contributed by atoms with Crippen molar-refractivity contribution >= 4 is 5.91 Å². The molecule has 0 saturated carbocycles. The minimum Gasteiger partial charge on any atom is -0.359 e. The normalized spacial score (nSPS) is 19.7. The molecule has 6 heteroatoms. The average molecular weight is 300 g/mol. The summed E-state index contributed by atoms with van der Waals surface area (Å²) in [4.78, 5) is 13.4. The van der Waals surface area contributed by atoms with Crippen LogP contribution in [0.3, 0.4) is 0 Å². The summed E-state index contributed by atoms with van der Waals surface area (Å²) >= 11 is 0. The van der Waals surface area contributed by atoms with E-state index in [1.54, 1.807) is 13.1 Å². The smallest absolute Gasteiger partial charge is 0.359 e. The van der Waals surface area contributed by atoms with Gasteiger partial charge in [-0.25, -0.2) is 0 Å². The summed E-state index contributed by atoms with van der Waals surface area (Å²) in [6, 6.07) is 5.44. The average Bonchev–Trinajstić information content (AvgIpc) is 2.85. The van der Waals surface area contributed by atoms with Crippen LogP contribution in [0.15, 0.2) is 24.3 Å². The van der Waals surface area contributed by atoms with E-state index in [1.807, 2.05) is 0 Å². The van der Waals surface area contributed by atoms with E-state index in [1.165, 1.54) is 12.1 Å². The van der Waals surface area contributed by atoms with Gasteiger partial charge in [-0.1, -0.05) is 18.2 Å². The molecule has 116 valence electrons. The summed E-state index contributed by atoms with van der Waals surface area (Å²) < 4.78 is 38.0. The Kier molecular flexibility index (Phi) is 4.88. The second-order valence-electron chi connectivity index (χ2n) is 5.47. The first-order chi connectivity index (χ1) is 9.88. The zero-order valence-corrected chi connectivity index (χ0v) is 11.9. The van der Waals surface area contributed by atoms with E-state index < -0.39 is 11.7 Å². The lowest BCUT2D eigenvalue weighted by Gasteiger charge is -2.17. The Morgan fingerprint density at radius 2 is 2.19 bits per heavy atom. The van der Waals surface area contributed by atoms with Crippen molar-refractivity contribution in [3.05, 3.63) is 35.4 Å². The molecule has 0 aromatic heterocycles. The van der Waals surface area contributed by atoms with Gasteiger partial charge in [-0.05, 0) is 30.5 Å². The number of carbonyl (C=O) groups is 1. The molecule has 0 spiro atoms. The molecule has 1 aromatic rings. The van der Waals surface area contributed by atoms with Crippen LogP contribution in [0.4, 0.5) is 13.2 Å². The van der Waals surface area contributed by atoms with Gasteiger partial charge in [0.1, 0.15) is 0 Å². The summed E-state index contributed by atoms with van der Waals surface area (Å²) in [5, 5.41) is 2.60. The third-order valence-corrected chi connectivity index (χ3v) is 3.78. The predicted molar refractivity (Wildman–Crippen MR) is 73.5 cm³/mol. The lowest BCUT2D eigenvalue weighted by Crippen LogP contribution is -2.24. The van der Waals surface area contributed by atoms with Crippen LogP contribution in [-0.2, 0) is 17.5 Å². The van der Waals surface area contributed by atoms with Gasteiger partial charge in [0.25, 0.3) is 0 Å². The maximum absolute atomic E-state index is 12.7. The lowest BCUT2D eigenvalue weighted by atomic mass is 10.0. The Bertz CT molecular complexity index is 502. The largest absolute Gasteiger partial charge is 0.416 e. The molecule has 1 saturated heterocycles. The molecule has 0 aliphatic carbocycles. The molecular formula is C15H19F3N2O. The fraction of sp³-hybridized carbons (Fsp3) is 0.533. The summed E-state index contributed by atoms with van der Waals surface area (Å²) in [5.41, 5.74) is 0.0477. The predicted octanol–water partition coefficient (Wildman–Crippen LogP) is 2.66. The van der Waals surface area contributed by atoms with Crippen molar-refractivity contribution in [3.8, 4) is 0 Å². The van der Waals surface area contributed by atoms with E-state index >= 15 is 0 Å². The highest BCUT2D eigenvalue weighted by Crippen LogP contribution is 2.30. The Labute approximate surface area is 122 Å². The Morgan fingerprint density at radius 3 is 2.86 bits per heavy atom. The van der Waals surface area contributed by atoms with Crippen LogP contribution in [0.1, 0.15) is 24.0 Å². The van der Waals surface area contributed by atoms with Gasteiger partial charge in [0.15, 0.2) is 0 Å². The molecule has 1 amide bonds. The number of alkyl halides is 3. The first kappa shape index (κ1) is 15.8. The van der Waals surface area contributed by atoms with Gasteiger partial charge in [0.2, 0.25) is 5.91 Å². The van der Waals surface area contributed by atoms with Crippen molar-refractivity contribution in [2.75, 3.05) is 20.1 Å². The Hall–Kier alpha value is -1.56. The van der Waals surface area contributed by atoms with Crippen LogP contribution in [0.25, 0.3) is 0 Å². The van der Waals surface area contributed by atoms with E-state index in [0.717, 1.165) is 25.6 Å². The molecule has 21 heavy (non-hydrogen) atoms. The number of nitrogens with one attached hydrogen (secondary N) is 1. The van der Waals surface area contributed by atoms with Crippen LogP contribution >= 0.6 is 0 Å². The fourth-order valence-electron chi connectivity index (χ4n) is 2.69. The summed E-state index contributed by atoms with van der Waals surface area (Å²) in [5.74, 6) is 0.302. The number of hydrogen-bond donors (Lipinski definition) is 1. The number of nitrogens with zero attached hydrogens (tertiary/aromatic N) is 1. The zero-order valence-electron chi connectivity index (χ0n) is 11.9. The molecule has 0 bridgehead atoms. The van der Waals surface area contributed by atoms with Crippen LogP contribution in [0, 0.1) is 5.92 Å². The number of amides is 1. The fourth-order valence-corrected chi connectivity index (χ4v) is 2.69. The van der Waals surface area contributed by atoms with Crippen molar-refractivity contribution in [2.24, 2.45) is 5.92 Å². The SMILES string of the molecule is CNC(=O)C[C@H]1CCN(Cc2cccc(C(F)(F)F)c2)C1. The van der Waals surface area contributed by atoms with Crippen molar-refractivity contribution in [3.63, 3.8) is 0 Å². The molecule has 2 rings (SSSR count). The standard InChI is InChI=1S/C15H19F3N2O/c1-19-14(21)8-12-5-6-20(10-12)9-11-3-2-4-13(7-11)15(16,17)18/h2-4,7,12H,5-6,8-10H2,1H3,(H,19,21)/t12-/m1/s1. The van der Waals surface area contributed by atoms with Gasteiger partial charge in [-0.15, -0.1) is 0 Å². The van der Waals surface area contributed by atoms with Gasteiger partial charge in [-0.3, -0.25) is 9.69 Å². The second-order valence-corrected chi connectivity index (χ2v) is 5.47. The minimum absolute atomic E-state index is 0.0147. The number of rotatable bonds is 4. The van der Waals surface area contributed by atoms with E-state index in [-0.39, 0.29) is 11.8 Å². The maximum Gasteiger partial charge on any atom is 0.416 e. The van der Waals surface area contributed by atoms with Gasteiger partial charge < -0.3 is 5.32 Å². The number of hydrogen-bond acceptors (Lipinski definition) is 2. The summed E-state index contributed by atoms with van der Waals surface area (Å²) in [6.07, 6.45) is -2.91. The first-order valence-electron chi connectivity index (χ1n) is 6.97. The van der Waals surface area contributed by atoms with E-state index in [9.17, 15) is 18.0 Å². The van der Waals surface area contributed by atoms with Crippen LogP contribution < -0.4 is 5.32 Å². The van der Waals surface area contributed by atoms with Crippen molar-refractivity contribution < 1.29 is 18.0 Å². The molecule has 3 nitrogen and oxygen atoms in total. The highest BCUT2D eigenvalue weighted by atomic mass is 19.4. The Morgan fingerprint density at radius 1 is 1.43 bits per heavy atom. The van der Waals surface area contributed by atoms with E-state index in [0.29, 0.717) is 18.5 Å². The molecular weight excluding hydrogens is 281 g/mol. The molecule has 1 aliphatic heterocycles. The molecule has 1 aromatic carbocycles. The number of likely N-dealkylation sites (tertiary alicyclic amines) is 1. The van der Waals surface area contributed by atoms with Gasteiger partial charge in [0, 0.05) is 26.6 Å². The molecule has 0 unspecified atom stereocenters. The van der Waals surface area contributed by atoms with Gasteiger partial charge in [-0.2, -0.15) is 13.2 Å². The topological polar surface area (TPSA) is 32.3 Å². The molecule has 1 N–H and O–H groups in total. The van der Waals surface area contributed by atoms with Crippen molar-refractivity contribution in [1.82, 2.24) is 10.2 Å². The monoisotopic (exact) mass is 300 g/mol. The van der Waals surface area contributed by atoms with Crippen LogP contribution in [0.2, 0.25) is 0 Å². The summed E-state index contributed by atoms with van der Waals surface area (Å²) in [7, 11) is 1.61. The molecule has 1 heterocycles. The summed E-state index contributed by atoms with van der Waals surface area (Å²) in [6.45, 7) is 2.07. The first-order valence-corrected chi connectivity index (χ1v) is 6.97. The van der Waals surface area contributed by atoms with E-state index in [2.05, 4.69) is 10.2 Å². The van der Waals surface area contributed by atoms with E-state index in [4.69, 9.17) is 0 Å². The van der Waals surface area contributed by atoms with Gasteiger partial charge in [0.05, 0.1) is 5.56 Å². The quantitative estimate of drug-likeness (QED) is 0.927. The third kappa shape index (κ3) is 4.46. The Balaban J connectivity index is 1.93. The molecule has 1 atom stereocenters. The lowest BCUT2D eigenvalue weighted by molar-refractivity contribution is -0.137. The number of halogens is 3. The van der Waals surface area contributed by atoms with Crippen molar-refractivity contribution in [1.29, 1.82) is 0 Å². The third-order valence-electron chi connectivity index (χ3n) is 3.78. The molecule has 0 radical (unpaired) electrons. The minimum atomic E-state index is -4.30. The van der Waals surface area contributed by atoms with Crippen LogP contribution in [0.5, 0.6) is 0 Å².